The molecule has 1 aromatic carbocycles. The molecule has 0 saturated heterocycles. The van der Waals surface area contributed by atoms with Crippen LogP contribution in [0.5, 0.6) is 0 Å². The highest BCUT2D eigenvalue weighted by atomic mass is 13.8. The second-order valence-electron chi connectivity index (χ2n) is 2.90. The number of rotatable bonds is 1. The SMILES string of the molecule is C=C.CC.Cc1ccccc1.[CH2]/C(C)=C\C=C. The Hall–Kier alpha value is -1.56. The maximum atomic E-state index is 3.62. The molecule has 1 radical (unpaired) electrons. The predicted molar refractivity (Wildman–Crippen MR) is 83.1 cm³/mol. The van der Waals surface area contributed by atoms with Crippen LogP contribution < -0.4 is 0 Å². The van der Waals surface area contributed by atoms with Gasteiger partial charge in [0.25, 0.3) is 0 Å². The van der Waals surface area contributed by atoms with E-state index in [4.69, 9.17) is 0 Å². The molecule has 0 unspecified atom stereocenters. The van der Waals surface area contributed by atoms with Crippen LogP contribution >= 0.6 is 0 Å². The van der Waals surface area contributed by atoms with Crippen LogP contribution in [0.4, 0.5) is 0 Å². The second kappa shape index (κ2) is 19.9. The Morgan fingerprint density at radius 3 is 1.59 bits per heavy atom. The standard InChI is InChI=1S/C7H8.C6H9.C2H6.C2H4/c1-7-5-3-2-4-6-7;1-4-5-6(2)3;2*1-2/h2-6H,1H3;4-5H,1-2H2,3H3;1-2H3;1-2H2/b;6-5+;;. The average molecular weight is 231 g/mol. The highest BCUT2D eigenvalue weighted by Gasteiger charge is 1.72. The van der Waals surface area contributed by atoms with Gasteiger partial charge >= 0.3 is 0 Å². The molecule has 0 amide bonds. The molecule has 0 N–H and O–H groups in total. The Labute approximate surface area is 108 Å². The van der Waals surface area contributed by atoms with Crippen LogP contribution in [0.2, 0.25) is 0 Å². The van der Waals surface area contributed by atoms with E-state index in [0.29, 0.717) is 0 Å². The summed E-state index contributed by atoms with van der Waals surface area (Å²) in [5, 5.41) is 0. The van der Waals surface area contributed by atoms with Gasteiger partial charge in [0.1, 0.15) is 0 Å². The van der Waals surface area contributed by atoms with E-state index in [1.165, 1.54) is 5.56 Å². The van der Waals surface area contributed by atoms with Gasteiger partial charge in [-0.25, -0.2) is 0 Å². The van der Waals surface area contributed by atoms with Gasteiger partial charge in [0.05, 0.1) is 0 Å². The van der Waals surface area contributed by atoms with Gasteiger partial charge in [-0.05, 0) is 20.8 Å². The third-order valence-corrected chi connectivity index (χ3v) is 1.34. The van der Waals surface area contributed by atoms with Gasteiger partial charge in [0.15, 0.2) is 0 Å². The largest absolute Gasteiger partial charge is 0.106 e. The van der Waals surface area contributed by atoms with Crippen molar-refractivity contribution < 1.29 is 0 Å². The molecule has 1 rings (SSSR count). The summed E-state index contributed by atoms with van der Waals surface area (Å²) in [7, 11) is 0. The maximum Gasteiger partial charge on any atom is -0.0283 e. The molecule has 17 heavy (non-hydrogen) atoms. The monoisotopic (exact) mass is 231 g/mol. The molecular formula is C17H27. The van der Waals surface area contributed by atoms with E-state index in [1.54, 1.807) is 6.08 Å². The van der Waals surface area contributed by atoms with Gasteiger partial charge in [-0.2, -0.15) is 0 Å². The van der Waals surface area contributed by atoms with Gasteiger partial charge in [-0.1, -0.05) is 74.0 Å². The molecule has 0 aromatic heterocycles. The molecule has 0 saturated carbocycles. The van der Waals surface area contributed by atoms with Crippen molar-refractivity contribution in [3.05, 3.63) is 80.3 Å². The number of hydrogen-bond donors (Lipinski definition) is 0. The van der Waals surface area contributed by atoms with Crippen molar-refractivity contribution >= 4 is 0 Å². The fraction of sp³-hybridized carbons (Fsp3) is 0.235. The van der Waals surface area contributed by atoms with E-state index in [9.17, 15) is 0 Å². The number of aryl methyl sites for hydroxylation is 1. The van der Waals surface area contributed by atoms with Crippen molar-refractivity contribution in [3.63, 3.8) is 0 Å². The molecule has 0 fully saturated rings. The van der Waals surface area contributed by atoms with Crippen molar-refractivity contribution in [2.75, 3.05) is 0 Å². The van der Waals surface area contributed by atoms with E-state index in [2.05, 4.69) is 45.7 Å². The van der Waals surface area contributed by atoms with Crippen LogP contribution in [0.15, 0.2) is 67.8 Å². The number of benzene rings is 1. The highest BCUT2D eigenvalue weighted by Crippen LogP contribution is 1.92. The summed E-state index contributed by atoms with van der Waals surface area (Å²) in [5.41, 5.74) is 2.37. The van der Waals surface area contributed by atoms with E-state index in [1.807, 2.05) is 45.0 Å². The van der Waals surface area contributed by atoms with Crippen molar-refractivity contribution in [3.8, 4) is 0 Å². The molecule has 0 aliphatic rings. The molecule has 0 atom stereocenters. The van der Waals surface area contributed by atoms with E-state index >= 15 is 0 Å². The van der Waals surface area contributed by atoms with Crippen LogP contribution in [0.3, 0.4) is 0 Å². The fourth-order valence-corrected chi connectivity index (χ4v) is 0.736. The minimum Gasteiger partial charge on any atom is -0.106 e. The van der Waals surface area contributed by atoms with Crippen LogP contribution in [0.1, 0.15) is 26.3 Å². The first kappa shape index (κ1) is 20.8. The normalized spacial score (nSPS) is 8.18. The van der Waals surface area contributed by atoms with Crippen LogP contribution in [0, 0.1) is 13.8 Å². The van der Waals surface area contributed by atoms with Crippen LogP contribution in [-0.2, 0) is 0 Å². The summed E-state index contributed by atoms with van der Waals surface area (Å²) in [6, 6.07) is 10.3. The Kier molecular flexibility index (Phi) is 24.4. The molecule has 0 aliphatic carbocycles. The summed E-state index contributed by atoms with van der Waals surface area (Å²) in [4.78, 5) is 0. The van der Waals surface area contributed by atoms with Gasteiger partial charge in [-0.3, -0.25) is 0 Å². The Morgan fingerprint density at radius 2 is 1.47 bits per heavy atom. The zero-order valence-corrected chi connectivity index (χ0v) is 11.9. The zero-order valence-electron chi connectivity index (χ0n) is 11.9. The molecule has 0 heterocycles. The molecule has 0 heteroatoms. The van der Waals surface area contributed by atoms with Crippen LogP contribution in [-0.4, -0.2) is 0 Å². The van der Waals surface area contributed by atoms with E-state index in [0.717, 1.165) is 5.57 Å². The molecule has 0 bridgehead atoms. The average Bonchev–Trinajstić information content (AvgIpc) is 2.36. The van der Waals surface area contributed by atoms with Gasteiger partial charge < -0.3 is 0 Å². The highest BCUT2D eigenvalue weighted by molar-refractivity contribution is 5.11. The van der Waals surface area contributed by atoms with Crippen molar-refractivity contribution in [1.82, 2.24) is 0 Å². The molecule has 0 spiro atoms. The van der Waals surface area contributed by atoms with Crippen molar-refractivity contribution in [2.45, 2.75) is 27.7 Å². The quantitative estimate of drug-likeness (QED) is 0.425. The van der Waals surface area contributed by atoms with Gasteiger partial charge in [0, 0.05) is 0 Å². The Morgan fingerprint density at radius 1 is 1.06 bits per heavy atom. The topological polar surface area (TPSA) is 0 Å². The van der Waals surface area contributed by atoms with Crippen molar-refractivity contribution in [1.29, 1.82) is 0 Å². The third-order valence-electron chi connectivity index (χ3n) is 1.34. The van der Waals surface area contributed by atoms with Crippen LogP contribution in [0.25, 0.3) is 0 Å². The molecular weight excluding hydrogens is 204 g/mol. The maximum absolute atomic E-state index is 3.62. The summed E-state index contributed by atoms with van der Waals surface area (Å²) in [5.74, 6) is 0. The molecule has 0 aliphatic heterocycles. The lowest BCUT2D eigenvalue weighted by molar-refractivity contribution is 1.48. The third kappa shape index (κ3) is 25.1. The van der Waals surface area contributed by atoms with Gasteiger partial charge in [0.2, 0.25) is 0 Å². The Balaban J connectivity index is -0.000000180. The predicted octanol–water partition coefficient (Wildman–Crippen LogP) is 5.78. The molecule has 95 valence electrons. The minimum atomic E-state index is 1.05. The smallest absolute Gasteiger partial charge is 0.0283 e. The van der Waals surface area contributed by atoms with E-state index < -0.39 is 0 Å². The number of allylic oxidation sites excluding steroid dienone is 3. The van der Waals surface area contributed by atoms with Gasteiger partial charge in [-0.15, -0.1) is 13.2 Å². The first-order valence-electron chi connectivity index (χ1n) is 5.79. The minimum absolute atomic E-state index is 1.05. The Bertz CT molecular complexity index is 263. The fourth-order valence-electron chi connectivity index (χ4n) is 0.736. The summed E-state index contributed by atoms with van der Waals surface area (Å²) >= 11 is 0. The summed E-state index contributed by atoms with van der Waals surface area (Å²) in [6.07, 6.45) is 3.59. The first-order valence-corrected chi connectivity index (χ1v) is 5.79. The lowest BCUT2D eigenvalue weighted by atomic mass is 10.2. The lowest BCUT2D eigenvalue weighted by Gasteiger charge is -1.82. The second-order valence-corrected chi connectivity index (χ2v) is 2.90. The first-order chi connectivity index (χ1) is 8.16. The molecule has 1 aromatic rings. The summed E-state index contributed by atoms with van der Waals surface area (Å²) < 4.78 is 0. The number of hydrogen-bond acceptors (Lipinski definition) is 0. The zero-order chi connectivity index (χ0) is 14.1. The lowest BCUT2D eigenvalue weighted by Crippen LogP contribution is -1.62. The van der Waals surface area contributed by atoms with Crippen molar-refractivity contribution in [2.24, 2.45) is 0 Å². The summed E-state index contributed by atoms with van der Waals surface area (Å²) in [6.45, 7) is 21.1. The molecule has 0 nitrogen and oxygen atoms in total. The van der Waals surface area contributed by atoms with E-state index in [-0.39, 0.29) is 0 Å².